The molecule has 4 atom stereocenters. The van der Waals surface area contributed by atoms with Crippen molar-refractivity contribution in [3.8, 4) is 0 Å². The molecule has 1 aliphatic heterocycles. The fraction of sp³-hybridized carbons (Fsp3) is 0.450. The number of benzene rings is 1. The van der Waals surface area contributed by atoms with Crippen LogP contribution in [0.25, 0.3) is 0 Å². The number of rotatable bonds is 4. The summed E-state index contributed by atoms with van der Waals surface area (Å²) in [6.07, 6.45) is 0. The zero-order chi connectivity index (χ0) is 24.3. The zero-order valence-electron chi connectivity index (χ0n) is 16.6. The molecule has 2 amide bonds. The minimum Gasteiger partial charge on any atom is -0.481 e. The second kappa shape index (κ2) is 8.63. The molecule has 1 saturated heterocycles. The number of carboxylic acid groups (broad SMARTS) is 1. The van der Waals surface area contributed by atoms with Crippen molar-refractivity contribution in [1.29, 1.82) is 0 Å². The van der Waals surface area contributed by atoms with Crippen LogP contribution < -0.4 is 5.32 Å². The van der Waals surface area contributed by atoms with Gasteiger partial charge in [0.1, 0.15) is 9.75 Å². The number of morpholine rings is 1. The van der Waals surface area contributed by atoms with Crippen LogP contribution in [0.3, 0.4) is 0 Å². The van der Waals surface area contributed by atoms with Gasteiger partial charge in [-0.3, -0.25) is 14.4 Å². The summed E-state index contributed by atoms with van der Waals surface area (Å²) < 4.78 is 3.06. The highest BCUT2D eigenvalue weighted by Crippen LogP contribution is 2.76. The largest absolute Gasteiger partial charge is 0.481 e. The summed E-state index contributed by atoms with van der Waals surface area (Å²) in [7, 11) is 0. The summed E-state index contributed by atoms with van der Waals surface area (Å²) in [5, 5.41) is 11.8. The van der Waals surface area contributed by atoms with Crippen molar-refractivity contribution in [2.75, 3.05) is 31.6 Å². The first kappa shape index (κ1) is 25.2. The smallest absolute Gasteiger partial charge is 0.309 e. The monoisotopic (exact) mass is 574 g/mol. The Morgan fingerprint density at radius 2 is 1.45 bits per heavy atom. The van der Waals surface area contributed by atoms with Gasteiger partial charge in [0.15, 0.2) is 4.33 Å². The average Bonchev–Trinajstić information content (AvgIpc) is 3.00. The Kier molecular flexibility index (Phi) is 6.58. The molecule has 4 rings (SSSR count). The fourth-order valence-electron chi connectivity index (χ4n) is 4.49. The van der Waals surface area contributed by atoms with Crippen LogP contribution in [-0.4, -0.2) is 68.2 Å². The molecular formula is C20H16Cl6N2O5. The molecule has 3 aliphatic rings. The second-order valence-electron chi connectivity index (χ2n) is 7.89. The van der Waals surface area contributed by atoms with Crippen LogP contribution in [-0.2, 0) is 14.3 Å². The van der Waals surface area contributed by atoms with Crippen LogP contribution in [0.1, 0.15) is 10.4 Å². The maximum Gasteiger partial charge on any atom is 0.309 e. The number of nitrogens with zero attached hydrogens (tertiary/aromatic N) is 1. The number of carbonyl (C=O) groups is 3. The number of nitrogens with one attached hydrogen (secondary N) is 1. The molecule has 2 N–H and O–H groups in total. The van der Waals surface area contributed by atoms with E-state index in [9.17, 15) is 19.5 Å². The predicted molar refractivity (Wildman–Crippen MR) is 127 cm³/mol. The molecule has 2 bridgehead atoms. The highest BCUT2D eigenvalue weighted by molar-refractivity contribution is 6.66. The van der Waals surface area contributed by atoms with Crippen molar-refractivity contribution in [1.82, 2.24) is 4.90 Å². The Hall–Kier alpha value is -0.930. The van der Waals surface area contributed by atoms with Crippen LogP contribution >= 0.6 is 69.6 Å². The van der Waals surface area contributed by atoms with E-state index in [0.717, 1.165) is 0 Å². The van der Waals surface area contributed by atoms with Gasteiger partial charge in [0.25, 0.3) is 5.91 Å². The first-order valence-electron chi connectivity index (χ1n) is 9.71. The molecule has 0 radical (unpaired) electrons. The number of hydrogen-bond donors (Lipinski definition) is 2. The third kappa shape index (κ3) is 3.46. The number of ether oxygens (including phenoxy) is 1. The van der Waals surface area contributed by atoms with E-state index in [-0.39, 0.29) is 21.7 Å². The highest BCUT2D eigenvalue weighted by atomic mass is 35.5. The van der Waals surface area contributed by atoms with Crippen molar-refractivity contribution < 1.29 is 24.2 Å². The molecule has 0 unspecified atom stereocenters. The summed E-state index contributed by atoms with van der Waals surface area (Å²) in [5.74, 6) is -5.66. The number of alkyl halides is 4. The zero-order valence-corrected chi connectivity index (χ0v) is 21.1. The second-order valence-corrected chi connectivity index (χ2v) is 11.2. The first-order valence-corrected chi connectivity index (χ1v) is 12.0. The van der Waals surface area contributed by atoms with Gasteiger partial charge in [-0.2, -0.15) is 0 Å². The van der Waals surface area contributed by atoms with E-state index in [1.54, 1.807) is 17.0 Å². The van der Waals surface area contributed by atoms with Gasteiger partial charge in [-0.05, 0) is 24.3 Å². The molecule has 2 fully saturated rings. The summed E-state index contributed by atoms with van der Waals surface area (Å²) in [6, 6.07) is 6.09. The van der Waals surface area contributed by atoms with E-state index in [1.807, 2.05) is 0 Å². The predicted octanol–water partition coefficient (Wildman–Crippen LogP) is 4.26. The van der Waals surface area contributed by atoms with Crippen molar-refractivity contribution in [2.24, 2.45) is 11.8 Å². The summed E-state index contributed by atoms with van der Waals surface area (Å²) >= 11 is 38.4. The van der Waals surface area contributed by atoms with Crippen molar-refractivity contribution in [3.63, 3.8) is 0 Å². The molecule has 33 heavy (non-hydrogen) atoms. The van der Waals surface area contributed by atoms with Crippen LogP contribution in [0.4, 0.5) is 5.69 Å². The minimum atomic E-state index is -2.18. The lowest BCUT2D eigenvalue weighted by Gasteiger charge is -2.33. The lowest BCUT2D eigenvalue weighted by molar-refractivity contribution is -0.146. The van der Waals surface area contributed by atoms with Gasteiger partial charge in [0, 0.05) is 24.3 Å². The third-order valence-electron chi connectivity index (χ3n) is 6.18. The van der Waals surface area contributed by atoms with E-state index in [4.69, 9.17) is 74.3 Å². The molecule has 0 spiro atoms. The van der Waals surface area contributed by atoms with Crippen LogP contribution in [0.2, 0.25) is 0 Å². The molecule has 1 heterocycles. The van der Waals surface area contributed by atoms with Gasteiger partial charge in [-0.15, -0.1) is 23.2 Å². The van der Waals surface area contributed by atoms with E-state index in [0.29, 0.717) is 31.9 Å². The SMILES string of the molecule is O=C(O)[C@@H]1[C@H](C(=O)Nc2ccc(C(=O)N3CCOCC3)cc2)[C@@]2(Cl)C(Cl)=C(Cl)[C@@]1(Cl)C2(Cl)Cl. The Balaban J connectivity index is 1.59. The van der Waals surface area contributed by atoms with E-state index >= 15 is 0 Å². The molecular weight excluding hydrogens is 561 g/mol. The van der Waals surface area contributed by atoms with Crippen LogP contribution in [0, 0.1) is 11.8 Å². The molecule has 1 saturated carbocycles. The van der Waals surface area contributed by atoms with E-state index in [1.165, 1.54) is 12.1 Å². The maximum atomic E-state index is 13.2. The summed E-state index contributed by atoms with van der Waals surface area (Å²) in [5.41, 5.74) is 0.709. The number of hydrogen-bond acceptors (Lipinski definition) is 4. The van der Waals surface area contributed by atoms with Gasteiger partial charge in [-0.1, -0.05) is 46.4 Å². The molecule has 7 nitrogen and oxygen atoms in total. The lowest BCUT2D eigenvalue weighted by Crippen LogP contribution is -2.47. The Bertz CT molecular complexity index is 1060. The topological polar surface area (TPSA) is 95.9 Å². The first-order chi connectivity index (χ1) is 15.4. The number of carboxylic acids is 1. The van der Waals surface area contributed by atoms with Gasteiger partial charge in [0.05, 0.1) is 35.1 Å². The normalized spacial score (nSPS) is 32.7. The van der Waals surface area contributed by atoms with E-state index < -0.39 is 37.8 Å². The van der Waals surface area contributed by atoms with Crippen molar-refractivity contribution in [2.45, 2.75) is 14.1 Å². The number of aliphatic carboxylic acids is 1. The number of fused-ring (bicyclic) bond motifs is 2. The van der Waals surface area contributed by atoms with E-state index in [2.05, 4.69) is 5.32 Å². The minimum absolute atomic E-state index is 0.167. The van der Waals surface area contributed by atoms with Crippen molar-refractivity contribution in [3.05, 3.63) is 39.9 Å². The molecule has 1 aromatic carbocycles. The van der Waals surface area contributed by atoms with Gasteiger partial charge in [0.2, 0.25) is 5.91 Å². The number of allylic oxidation sites excluding steroid dienone is 2. The number of amides is 2. The van der Waals surface area contributed by atoms with Crippen molar-refractivity contribution >= 4 is 93.1 Å². The lowest BCUT2D eigenvalue weighted by atomic mass is 9.81. The van der Waals surface area contributed by atoms with Gasteiger partial charge < -0.3 is 20.1 Å². The Morgan fingerprint density at radius 1 is 0.939 bits per heavy atom. The quantitative estimate of drug-likeness (QED) is 0.522. The molecule has 2 aliphatic carbocycles. The summed E-state index contributed by atoms with van der Waals surface area (Å²) in [6.45, 7) is 1.92. The molecule has 178 valence electrons. The highest BCUT2D eigenvalue weighted by Gasteiger charge is 2.85. The van der Waals surface area contributed by atoms with Crippen LogP contribution in [0.15, 0.2) is 34.3 Å². The number of anilines is 1. The Morgan fingerprint density at radius 3 is 1.97 bits per heavy atom. The number of carbonyl (C=O) groups excluding carboxylic acids is 2. The molecule has 13 heteroatoms. The number of halogens is 6. The third-order valence-corrected chi connectivity index (χ3v) is 10.4. The van der Waals surface area contributed by atoms with Crippen LogP contribution in [0.5, 0.6) is 0 Å². The standard InChI is InChI=1S/C20H16Cl6N2O5/c21-13-14(22)19(24)12(17(31)32)11(18(13,23)20(19,25)26)15(29)27-10-3-1-9(2-4-10)16(30)28-5-7-33-8-6-28/h1-4,11-12H,5-8H2,(H,27,29)(H,31,32)/t11-,12+,18-,19-/m1/s1. The maximum absolute atomic E-state index is 13.2. The summed E-state index contributed by atoms with van der Waals surface area (Å²) in [4.78, 5) is 35.4. The van der Waals surface area contributed by atoms with Gasteiger partial charge in [-0.25, -0.2) is 0 Å². The Labute approximate surface area is 218 Å². The molecule has 1 aromatic rings. The average molecular weight is 577 g/mol. The molecule has 0 aromatic heterocycles. The van der Waals surface area contributed by atoms with Gasteiger partial charge >= 0.3 is 5.97 Å². The fourth-order valence-corrected chi connectivity index (χ4v) is 7.43.